The predicted octanol–water partition coefficient (Wildman–Crippen LogP) is 4.52. The van der Waals surface area contributed by atoms with Gasteiger partial charge in [-0.1, -0.05) is 35.9 Å². The molecule has 0 N–H and O–H groups in total. The van der Waals surface area contributed by atoms with Crippen LogP contribution >= 0.6 is 0 Å². The first-order chi connectivity index (χ1) is 13.7. The van der Waals surface area contributed by atoms with E-state index in [2.05, 4.69) is 46.4 Å². The zero-order chi connectivity index (χ0) is 19.3. The lowest BCUT2D eigenvalue weighted by atomic mass is 9.88. The van der Waals surface area contributed by atoms with Crippen molar-refractivity contribution in [2.24, 2.45) is 0 Å². The summed E-state index contributed by atoms with van der Waals surface area (Å²) in [6.45, 7) is 3.41. The molecule has 28 heavy (non-hydrogen) atoms. The second-order valence-corrected chi connectivity index (χ2v) is 7.12. The molecule has 1 aromatic carbocycles. The van der Waals surface area contributed by atoms with Gasteiger partial charge in [0.25, 0.3) is 5.91 Å². The van der Waals surface area contributed by atoms with Crippen molar-refractivity contribution in [2.45, 2.75) is 19.8 Å². The molecular weight excluding hydrogens is 346 g/mol. The molecule has 4 rings (SSSR count). The number of hydrogen-bond donors (Lipinski definition) is 0. The van der Waals surface area contributed by atoms with Gasteiger partial charge in [0.05, 0.1) is 5.56 Å². The van der Waals surface area contributed by atoms with Crippen molar-refractivity contribution in [1.29, 1.82) is 0 Å². The minimum absolute atomic E-state index is 0.0698. The Morgan fingerprint density at radius 1 is 0.857 bits per heavy atom. The van der Waals surface area contributed by atoms with Crippen LogP contribution in [-0.4, -0.2) is 33.9 Å². The minimum atomic E-state index is 0.0698. The number of nitrogens with zero attached hydrogens (tertiary/aromatic N) is 3. The van der Waals surface area contributed by atoms with E-state index in [1.807, 2.05) is 36.4 Å². The third kappa shape index (κ3) is 3.86. The molecule has 0 radical (unpaired) electrons. The van der Waals surface area contributed by atoms with Crippen molar-refractivity contribution in [3.63, 3.8) is 0 Å². The van der Waals surface area contributed by atoms with Gasteiger partial charge in [-0.05, 0) is 60.2 Å². The molecule has 4 nitrogen and oxygen atoms in total. The van der Waals surface area contributed by atoms with E-state index in [4.69, 9.17) is 0 Å². The minimum Gasteiger partial charge on any atom is -0.338 e. The summed E-state index contributed by atoms with van der Waals surface area (Å²) in [5.74, 6) is 0.0698. The van der Waals surface area contributed by atoms with Gasteiger partial charge < -0.3 is 4.90 Å². The molecule has 0 atom stereocenters. The number of piperidine rings is 1. The van der Waals surface area contributed by atoms with Crippen LogP contribution in [0.25, 0.3) is 5.57 Å². The number of likely N-dealkylation sites (tertiary alicyclic amines) is 1. The Morgan fingerprint density at radius 3 is 2.21 bits per heavy atom. The van der Waals surface area contributed by atoms with Crippen LogP contribution in [0.5, 0.6) is 0 Å². The molecule has 0 spiro atoms. The lowest BCUT2D eigenvalue weighted by Gasteiger charge is -2.30. The largest absolute Gasteiger partial charge is 0.338 e. The molecule has 0 saturated carbocycles. The standard InChI is InChI=1S/C24H23N3O/c1-18-15-22(17-26-16-18)24(28)27-13-9-21(10-14-27)23(19-5-3-2-4-6-19)20-7-11-25-12-8-20/h2-8,11-12,15-17H,9-10,13-14H2,1H3. The van der Waals surface area contributed by atoms with Crippen LogP contribution < -0.4 is 0 Å². The third-order valence-corrected chi connectivity index (χ3v) is 5.16. The summed E-state index contributed by atoms with van der Waals surface area (Å²) in [5.41, 5.74) is 6.73. The highest BCUT2D eigenvalue weighted by Crippen LogP contribution is 2.32. The second-order valence-electron chi connectivity index (χ2n) is 7.12. The number of hydrogen-bond acceptors (Lipinski definition) is 3. The number of aromatic nitrogens is 2. The zero-order valence-corrected chi connectivity index (χ0v) is 16.0. The molecule has 1 aliphatic rings. The molecule has 3 heterocycles. The highest BCUT2D eigenvalue weighted by Gasteiger charge is 2.23. The van der Waals surface area contributed by atoms with Gasteiger partial charge in [-0.2, -0.15) is 0 Å². The second kappa shape index (κ2) is 8.17. The fourth-order valence-corrected chi connectivity index (χ4v) is 3.78. The summed E-state index contributed by atoms with van der Waals surface area (Å²) < 4.78 is 0. The maximum atomic E-state index is 12.8. The van der Waals surface area contributed by atoms with E-state index in [1.165, 1.54) is 22.3 Å². The van der Waals surface area contributed by atoms with Gasteiger partial charge in [0, 0.05) is 37.9 Å². The molecule has 0 bridgehead atoms. The number of amides is 1. The smallest absolute Gasteiger partial charge is 0.255 e. The van der Waals surface area contributed by atoms with E-state index in [0.29, 0.717) is 5.56 Å². The Balaban J connectivity index is 1.60. The normalized spacial score (nSPS) is 14.0. The first-order valence-corrected chi connectivity index (χ1v) is 9.61. The molecule has 0 aliphatic carbocycles. The molecule has 0 unspecified atom stereocenters. The van der Waals surface area contributed by atoms with Gasteiger partial charge in [0.2, 0.25) is 0 Å². The Kier molecular flexibility index (Phi) is 5.29. The van der Waals surface area contributed by atoms with E-state index in [1.54, 1.807) is 12.4 Å². The van der Waals surface area contributed by atoms with Gasteiger partial charge in [0.15, 0.2) is 0 Å². The number of aryl methyl sites for hydroxylation is 1. The molecule has 2 aromatic heterocycles. The molecule has 140 valence electrons. The third-order valence-electron chi connectivity index (χ3n) is 5.16. The number of benzene rings is 1. The summed E-state index contributed by atoms with van der Waals surface area (Å²) in [7, 11) is 0. The molecule has 3 aromatic rings. The molecule has 1 saturated heterocycles. The van der Waals surface area contributed by atoms with Gasteiger partial charge in [-0.25, -0.2) is 0 Å². The monoisotopic (exact) mass is 369 g/mol. The quantitative estimate of drug-likeness (QED) is 0.682. The average Bonchev–Trinajstić information content (AvgIpc) is 2.75. The Labute approximate surface area is 165 Å². The number of carbonyl (C=O) groups is 1. The van der Waals surface area contributed by atoms with Crippen LogP contribution in [0.1, 0.15) is 39.9 Å². The summed E-state index contributed by atoms with van der Waals surface area (Å²) in [5, 5.41) is 0. The maximum absolute atomic E-state index is 12.8. The average molecular weight is 369 g/mol. The topological polar surface area (TPSA) is 46.1 Å². The molecular formula is C24H23N3O. The summed E-state index contributed by atoms with van der Waals surface area (Å²) in [6.07, 6.45) is 8.85. The molecule has 1 amide bonds. The van der Waals surface area contributed by atoms with E-state index in [0.717, 1.165) is 31.5 Å². The van der Waals surface area contributed by atoms with Crippen LogP contribution in [0.4, 0.5) is 0 Å². The van der Waals surface area contributed by atoms with E-state index >= 15 is 0 Å². The van der Waals surface area contributed by atoms with Crippen molar-refractivity contribution >= 4 is 11.5 Å². The zero-order valence-electron chi connectivity index (χ0n) is 16.0. The van der Waals surface area contributed by atoms with Crippen molar-refractivity contribution in [1.82, 2.24) is 14.9 Å². The predicted molar refractivity (Wildman–Crippen MR) is 111 cm³/mol. The highest BCUT2D eigenvalue weighted by molar-refractivity contribution is 5.94. The van der Waals surface area contributed by atoms with Gasteiger partial charge >= 0.3 is 0 Å². The van der Waals surface area contributed by atoms with Gasteiger partial charge in [0.1, 0.15) is 0 Å². The maximum Gasteiger partial charge on any atom is 0.255 e. The van der Waals surface area contributed by atoms with Crippen molar-refractivity contribution < 1.29 is 4.79 Å². The lowest BCUT2D eigenvalue weighted by molar-refractivity contribution is 0.0743. The Bertz CT molecular complexity index is 945. The number of pyridine rings is 2. The van der Waals surface area contributed by atoms with Crippen LogP contribution in [0.2, 0.25) is 0 Å². The van der Waals surface area contributed by atoms with Crippen molar-refractivity contribution in [3.05, 3.63) is 101 Å². The first kappa shape index (κ1) is 18.1. The highest BCUT2D eigenvalue weighted by atomic mass is 16.2. The van der Waals surface area contributed by atoms with Gasteiger partial charge in [-0.15, -0.1) is 0 Å². The van der Waals surface area contributed by atoms with Crippen LogP contribution in [0, 0.1) is 6.92 Å². The fourth-order valence-electron chi connectivity index (χ4n) is 3.78. The Hall–Kier alpha value is -3.27. The van der Waals surface area contributed by atoms with E-state index < -0.39 is 0 Å². The van der Waals surface area contributed by atoms with Crippen LogP contribution in [-0.2, 0) is 0 Å². The van der Waals surface area contributed by atoms with Crippen LogP contribution in [0.15, 0.2) is 78.9 Å². The Morgan fingerprint density at radius 2 is 1.54 bits per heavy atom. The molecule has 1 aliphatic heterocycles. The van der Waals surface area contributed by atoms with E-state index in [9.17, 15) is 4.79 Å². The van der Waals surface area contributed by atoms with Crippen LogP contribution in [0.3, 0.4) is 0 Å². The summed E-state index contributed by atoms with van der Waals surface area (Å²) >= 11 is 0. The van der Waals surface area contributed by atoms with Gasteiger partial charge in [-0.3, -0.25) is 14.8 Å². The fraction of sp³-hybridized carbons (Fsp3) is 0.208. The number of rotatable bonds is 3. The lowest BCUT2D eigenvalue weighted by Crippen LogP contribution is -2.36. The summed E-state index contributed by atoms with van der Waals surface area (Å²) in [6, 6.07) is 16.5. The van der Waals surface area contributed by atoms with E-state index in [-0.39, 0.29) is 5.91 Å². The van der Waals surface area contributed by atoms with Crippen molar-refractivity contribution in [3.8, 4) is 0 Å². The molecule has 1 fully saturated rings. The van der Waals surface area contributed by atoms with Crippen molar-refractivity contribution in [2.75, 3.05) is 13.1 Å². The molecule has 4 heteroatoms. The number of carbonyl (C=O) groups excluding carboxylic acids is 1. The first-order valence-electron chi connectivity index (χ1n) is 9.61. The SMILES string of the molecule is Cc1cncc(C(=O)N2CCC(=C(c3ccccc3)c3ccncc3)CC2)c1. The summed E-state index contributed by atoms with van der Waals surface area (Å²) in [4.78, 5) is 23.1.